The Morgan fingerprint density at radius 3 is 1.37 bits per heavy atom. The zero-order valence-electron chi connectivity index (χ0n) is 37.6. The van der Waals surface area contributed by atoms with E-state index in [2.05, 4.69) is 64.1 Å². The maximum absolute atomic E-state index is 11.2. The van der Waals surface area contributed by atoms with E-state index in [-0.39, 0.29) is 64.9 Å². The molecular weight excluding hydrogens is 886 g/mol. The second kappa shape index (κ2) is 21.2. The van der Waals surface area contributed by atoms with Gasteiger partial charge in [-0.1, -0.05) is 89.8 Å². The average Bonchev–Trinajstić information content (AvgIpc) is 3.67. The quantitative estimate of drug-likeness (QED) is 0.0745. The molecule has 6 nitrogen and oxygen atoms in total. The number of alkyl halides is 1. The molecule has 0 heterocycles. The van der Waals surface area contributed by atoms with Gasteiger partial charge in [-0.3, -0.25) is 4.55 Å². The molecule has 8 fully saturated rings. The Morgan fingerprint density at radius 2 is 0.982 bits per heavy atom. The first-order chi connectivity index (χ1) is 25.9. The normalized spacial score (nSPS) is 45.5. The van der Waals surface area contributed by atoms with Crippen LogP contribution in [-0.2, 0) is 29.5 Å². The maximum atomic E-state index is 11.2. The molecule has 8 saturated carbocycles. The van der Waals surface area contributed by atoms with Gasteiger partial charge in [-0.15, -0.1) is 0 Å². The fraction of sp³-hybridized carbons (Fsp3) is 1.00. The van der Waals surface area contributed by atoms with Gasteiger partial charge in [0.15, 0.2) is 0 Å². The van der Waals surface area contributed by atoms with Gasteiger partial charge < -0.3 is 13.0 Å². The summed E-state index contributed by atoms with van der Waals surface area (Å²) in [7, 11) is -6.95. The third kappa shape index (κ3) is 10.8. The molecule has 320 valence electrons. The monoisotopic (exact) mass is 964 g/mol. The minimum Gasteiger partial charge on any atom is -0.917 e. The molecule has 0 aromatic rings. The summed E-state index contributed by atoms with van der Waals surface area (Å²) in [6.45, 7) is 15.4. The van der Waals surface area contributed by atoms with Crippen molar-refractivity contribution in [3.8, 4) is 0 Å². The van der Waals surface area contributed by atoms with Crippen molar-refractivity contribution >= 4 is 43.7 Å². The molecular formula is C46H79INa2O6S2. The van der Waals surface area contributed by atoms with Crippen LogP contribution in [0.1, 0.15) is 183 Å². The summed E-state index contributed by atoms with van der Waals surface area (Å²) in [5, 5.41) is 0. The molecule has 0 aliphatic heterocycles. The smallest absolute Gasteiger partial charge is 0.917 e. The van der Waals surface area contributed by atoms with E-state index in [4.69, 9.17) is 13.0 Å². The van der Waals surface area contributed by atoms with Crippen molar-refractivity contribution in [3.63, 3.8) is 0 Å². The summed E-state index contributed by atoms with van der Waals surface area (Å²) >= 11 is 2.59. The molecule has 0 bridgehead atoms. The van der Waals surface area contributed by atoms with Crippen LogP contribution in [0, 0.1) is 92.7 Å². The van der Waals surface area contributed by atoms with Crippen molar-refractivity contribution in [2.45, 2.75) is 183 Å². The van der Waals surface area contributed by atoms with Gasteiger partial charge in [-0.2, -0.15) is 19.4 Å². The van der Waals surface area contributed by atoms with Crippen LogP contribution in [0.2, 0.25) is 0 Å². The van der Waals surface area contributed by atoms with Crippen LogP contribution in [0.25, 0.3) is 0 Å². The van der Waals surface area contributed by atoms with Crippen LogP contribution >= 0.6 is 22.6 Å². The first-order valence-electron chi connectivity index (χ1n) is 23.2. The van der Waals surface area contributed by atoms with Gasteiger partial charge in [0.05, 0.1) is 5.75 Å². The summed E-state index contributed by atoms with van der Waals surface area (Å²) in [6, 6.07) is 0. The van der Waals surface area contributed by atoms with Gasteiger partial charge in [-0.05, 0) is 213 Å². The molecule has 0 aromatic heterocycles. The predicted octanol–water partition coefficient (Wildman–Crippen LogP) is 6.88. The summed E-state index contributed by atoms with van der Waals surface area (Å²) < 4.78 is 58.3. The maximum Gasteiger partial charge on any atom is 1.00 e. The van der Waals surface area contributed by atoms with Crippen molar-refractivity contribution in [1.82, 2.24) is 0 Å². The SMILES string of the molecule is C[C@H](CCI)[C@H]1CC[C@H]2[C@@H]3CC[C@@H]4CCCC[C@]4(C)[C@H]3CC[C@]12C.C[C@H](CCS(=O)(=O)O)[C@H]1CC[C@H]2[C@@H]3CC[C@@H]4CCCC[C@]4(C)[C@H]3CC[C@]12C.O=[S-](=O)[O-].[Na+].[Na+]. The molecule has 0 saturated heterocycles. The molecule has 8 rings (SSSR count). The number of hydrogen-bond acceptors (Lipinski definition) is 6. The second-order valence-corrected chi connectivity index (χ2v) is 25.0. The molecule has 0 radical (unpaired) electrons. The van der Waals surface area contributed by atoms with E-state index in [0.29, 0.717) is 39.9 Å². The Morgan fingerprint density at radius 1 is 0.596 bits per heavy atom. The Hall–Kier alpha value is 2.55. The van der Waals surface area contributed by atoms with Crippen molar-refractivity contribution < 1.29 is 85.1 Å². The van der Waals surface area contributed by atoms with Gasteiger partial charge in [0.1, 0.15) is 0 Å². The number of halogens is 1. The molecule has 0 aromatic carbocycles. The van der Waals surface area contributed by atoms with Crippen LogP contribution in [0.15, 0.2) is 0 Å². The summed E-state index contributed by atoms with van der Waals surface area (Å²) in [5.74, 6) is 10.9. The van der Waals surface area contributed by atoms with Crippen molar-refractivity contribution in [3.05, 3.63) is 0 Å². The molecule has 11 heteroatoms. The van der Waals surface area contributed by atoms with Gasteiger partial charge in [-0.25, -0.2) is 0 Å². The van der Waals surface area contributed by atoms with Gasteiger partial charge >= 0.3 is 59.1 Å². The molecule has 8 aliphatic rings. The minimum atomic E-state index is -3.84. The standard InChI is InChI=1S/C23H39I.C23H40O3S.2Na.O3S/c1-16(12-15-24)19-9-10-20-18-8-7-17-6-4-5-13-22(17,2)21(18)11-14-23(19,20)3;1-16(12-15-27(24,25)26)19-9-10-20-18-8-7-17-6-4-5-13-22(17,2)21(18)11-14-23(19,20)3;;;1-4(2)3/h16-21H,4-15H2,1-3H3;16-21H,4-15H2,1-3H3,(H,24,25,26);;;/q;;2*+1;-2/t2*16-,17+,18+,19-,20+,21+,22+,23-;;;/m11.../s1. The fourth-order valence-corrected chi connectivity index (χ4v) is 19.1. The number of fused-ring (bicyclic) bond motifs is 10. The molecule has 1 N–H and O–H groups in total. The zero-order valence-corrected chi connectivity index (χ0v) is 45.4. The molecule has 8 aliphatic carbocycles. The van der Waals surface area contributed by atoms with Crippen LogP contribution in [0.3, 0.4) is 0 Å². The summed E-state index contributed by atoms with van der Waals surface area (Å²) in [6.07, 6.45) is 31.6. The van der Waals surface area contributed by atoms with Crippen LogP contribution in [0.4, 0.5) is 0 Å². The average molecular weight is 965 g/mol. The van der Waals surface area contributed by atoms with Crippen LogP contribution in [0.5, 0.6) is 0 Å². The second-order valence-electron chi connectivity index (χ2n) is 22.0. The first-order valence-corrected chi connectivity index (χ1v) is 27.3. The molecule has 16 atom stereocenters. The Labute approximate surface area is 410 Å². The minimum absolute atomic E-state index is 0. The van der Waals surface area contributed by atoms with E-state index in [1.54, 1.807) is 51.4 Å². The van der Waals surface area contributed by atoms with E-state index in [0.717, 1.165) is 59.2 Å². The van der Waals surface area contributed by atoms with E-state index in [1.165, 1.54) is 87.9 Å². The van der Waals surface area contributed by atoms with Crippen LogP contribution in [-0.4, -0.2) is 27.7 Å². The van der Waals surface area contributed by atoms with Crippen molar-refractivity contribution in [1.29, 1.82) is 0 Å². The third-order valence-electron chi connectivity index (χ3n) is 20.1. The van der Waals surface area contributed by atoms with Crippen LogP contribution < -0.4 is 59.1 Å². The van der Waals surface area contributed by atoms with Gasteiger partial charge in [0, 0.05) is 0 Å². The van der Waals surface area contributed by atoms with E-state index < -0.39 is 21.1 Å². The summed E-state index contributed by atoms with van der Waals surface area (Å²) in [4.78, 5) is 0. The Bertz CT molecular complexity index is 1490. The topological polar surface area (TPSA) is 112 Å². The van der Waals surface area contributed by atoms with E-state index >= 15 is 0 Å². The summed E-state index contributed by atoms with van der Waals surface area (Å²) in [5.41, 5.74) is 2.38. The molecule has 0 amide bonds. The van der Waals surface area contributed by atoms with Gasteiger partial charge in [0.25, 0.3) is 10.1 Å². The van der Waals surface area contributed by atoms with Crippen molar-refractivity contribution in [2.24, 2.45) is 92.7 Å². The largest absolute Gasteiger partial charge is 1.00 e. The van der Waals surface area contributed by atoms with E-state index in [9.17, 15) is 13.0 Å². The molecule has 0 unspecified atom stereocenters. The Balaban J connectivity index is 0.000000225. The third-order valence-corrected chi connectivity index (χ3v) is 21.5. The van der Waals surface area contributed by atoms with Gasteiger partial charge in [0.2, 0.25) is 0 Å². The predicted molar refractivity (Wildman–Crippen MR) is 232 cm³/mol. The van der Waals surface area contributed by atoms with Crippen molar-refractivity contribution in [2.75, 3.05) is 10.2 Å². The molecule has 0 spiro atoms. The van der Waals surface area contributed by atoms with E-state index in [1.807, 2.05) is 0 Å². The first kappa shape index (κ1) is 52.2. The number of rotatable bonds is 7. The number of hydrogen-bond donors (Lipinski definition) is 1. The molecule has 57 heavy (non-hydrogen) atoms. The Kier molecular flexibility index (Phi) is 19.4. The fourth-order valence-electron chi connectivity index (χ4n) is 17.5. The zero-order chi connectivity index (χ0) is 40.0.